The first kappa shape index (κ1) is 18.4. The number of quaternary nitrogens is 1. The van der Waals surface area contributed by atoms with Crippen LogP contribution in [0.5, 0.6) is 0 Å². The maximum absolute atomic E-state index is 13.9. The van der Waals surface area contributed by atoms with Crippen LogP contribution in [0.1, 0.15) is 24.3 Å². The van der Waals surface area contributed by atoms with Crippen LogP contribution in [0.4, 0.5) is 4.39 Å². The molecule has 1 unspecified atom stereocenters. The van der Waals surface area contributed by atoms with Gasteiger partial charge in [-0.1, -0.05) is 35.9 Å². The monoisotopic (exact) mass is 375 g/mol. The Morgan fingerprint density at radius 2 is 2.04 bits per heavy atom. The van der Waals surface area contributed by atoms with Crippen LogP contribution in [0.2, 0.25) is 5.02 Å². The number of halogens is 2. The second kappa shape index (κ2) is 7.89. The highest BCUT2D eigenvalue weighted by Crippen LogP contribution is 2.23. The number of hydrogen-bond donors (Lipinski definition) is 2. The van der Waals surface area contributed by atoms with E-state index in [4.69, 9.17) is 16.0 Å². The number of amides is 1. The van der Waals surface area contributed by atoms with Crippen LogP contribution in [0, 0.1) is 5.82 Å². The first-order valence-electron chi connectivity index (χ1n) is 8.46. The number of carbonyl (C=O) groups excluding carboxylic acids is 1. The van der Waals surface area contributed by atoms with Gasteiger partial charge in [-0.15, -0.1) is 0 Å². The minimum absolute atomic E-state index is 0.136. The number of hydrogen-bond acceptors (Lipinski definition) is 2. The summed E-state index contributed by atoms with van der Waals surface area (Å²) < 4.78 is 19.6. The fourth-order valence-corrected chi connectivity index (χ4v) is 3.15. The van der Waals surface area contributed by atoms with Crippen LogP contribution in [0.15, 0.2) is 52.9 Å². The molecule has 4 nitrogen and oxygen atoms in total. The number of nitrogens with one attached hydrogen (secondary N) is 2. The normalized spacial score (nSPS) is 13.5. The average Bonchev–Trinajstić information content (AvgIpc) is 3.02. The number of fused-ring (bicyclic) bond motifs is 1. The Morgan fingerprint density at radius 1 is 1.27 bits per heavy atom. The molecule has 0 aliphatic heterocycles. The molecule has 3 aromatic rings. The fraction of sp³-hybridized carbons (Fsp3) is 0.250. The topological polar surface area (TPSA) is 46.7 Å². The predicted molar refractivity (Wildman–Crippen MR) is 99.6 cm³/mol. The second-order valence-electron chi connectivity index (χ2n) is 6.49. The van der Waals surface area contributed by atoms with Crippen LogP contribution in [-0.2, 0) is 11.3 Å². The summed E-state index contributed by atoms with van der Waals surface area (Å²) in [5, 5.41) is 4.30. The zero-order valence-electron chi connectivity index (χ0n) is 14.7. The van der Waals surface area contributed by atoms with E-state index in [1.54, 1.807) is 12.1 Å². The Balaban J connectivity index is 1.59. The van der Waals surface area contributed by atoms with E-state index in [1.165, 1.54) is 6.07 Å². The Morgan fingerprint density at radius 3 is 2.77 bits per heavy atom. The van der Waals surface area contributed by atoms with Crippen molar-refractivity contribution in [1.82, 2.24) is 5.32 Å². The molecule has 1 aromatic heterocycles. The average molecular weight is 376 g/mol. The quantitative estimate of drug-likeness (QED) is 0.695. The van der Waals surface area contributed by atoms with Crippen molar-refractivity contribution in [3.63, 3.8) is 0 Å². The molecule has 1 amide bonds. The van der Waals surface area contributed by atoms with E-state index in [2.05, 4.69) is 5.32 Å². The van der Waals surface area contributed by atoms with Gasteiger partial charge < -0.3 is 14.6 Å². The lowest BCUT2D eigenvalue weighted by atomic mass is 10.2. The molecule has 0 saturated heterocycles. The number of para-hydroxylation sites is 1. The molecule has 0 saturated carbocycles. The molecule has 0 aliphatic rings. The summed E-state index contributed by atoms with van der Waals surface area (Å²) in [6.07, 6.45) is 0. The summed E-state index contributed by atoms with van der Waals surface area (Å²) in [7, 11) is 1.83. The van der Waals surface area contributed by atoms with Crippen molar-refractivity contribution >= 4 is 28.5 Å². The van der Waals surface area contributed by atoms with Crippen molar-refractivity contribution in [3.8, 4) is 0 Å². The molecule has 3 rings (SSSR count). The van der Waals surface area contributed by atoms with Crippen LogP contribution < -0.4 is 10.2 Å². The van der Waals surface area contributed by atoms with Crippen LogP contribution in [0.25, 0.3) is 11.0 Å². The molecule has 0 bridgehead atoms. The van der Waals surface area contributed by atoms with Crippen molar-refractivity contribution in [1.29, 1.82) is 0 Å². The predicted octanol–water partition coefficient (Wildman–Crippen LogP) is 3.12. The molecule has 6 heteroatoms. The number of rotatable bonds is 6. The van der Waals surface area contributed by atoms with Gasteiger partial charge in [-0.3, -0.25) is 4.79 Å². The largest absolute Gasteiger partial charge is 0.459 e. The molecular weight excluding hydrogens is 355 g/mol. The Hall–Kier alpha value is -2.37. The number of carbonyl (C=O) groups is 1. The van der Waals surface area contributed by atoms with Gasteiger partial charge in [-0.05, 0) is 31.2 Å². The minimum atomic E-state index is -0.354. The molecule has 2 N–H and O–H groups in total. The Kier molecular flexibility index (Phi) is 5.59. The zero-order valence-corrected chi connectivity index (χ0v) is 15.4. The van der Waals surface area contributed by atoms with Gasteiger partial charge in [0.05, 0.1) is 23.7 Å². The van der Waals surface area contributed by atoms with E-state index in [-0.39, 0.29) is 24.3 Å². The van der Waals surface area contributed by atoms with Gasteiger partial charge in [0.25, 0.3) is 5.91 Å². The molecule has 2 aromatic carbocycles. The van der Waals surface area contributed by atoms with Gasteiger partial charge in [-0.25, -0.2) is 4.39 Å². The fourth-order valence-electron chi connectivity index (χ4n) is 2.92. The summed E-state index contributed by atoms with van der Waals surface area (Å²) in [5.74, 6) is 0.213. The Labute approximate surface area is 156 Å². The van der Waals surface area contributed by atoms with E-state index in [0.29, 0.717) is 22.9 Å². The number of likely N-dealkylation sites (N-methyl/N-ethyl adjacent to an activating group) is 1. The highest BCUT2D eigenvalue weighted by Gasteiger charge is 2.18. The van der Waals surface area contributed by atoms with E-state index >= 15 is 0 Å². The van der Waals surface area contributed by atoms with Gasteiger partial charge in [0, 0.05) is 5.39 Å². The van der Waals surface area contributed by atoms with Crippen molar-refractivity contribution in [2.75, 3.05) is 13.6 Å². The third kappa shape index (κ3) is 4.23. The summed E-state index contributed by atoms with van der Waals surface area (Å²) in [4.78, 5) is 13.2. The summed E-state index contributed by atoms with van der Waals surface area (Å²) in [6.45, 7) is 2.41. The molecule has 0 radical (unpaired) electrons. The smallest absolute Gasteiger partial charge is 0.275 e. The van der Waals surface area contributed by atoms with Crippen molar-refractivity contribution in [3.05, 3.63) is 70.7 Å². The zero-order chi connectivity index (χ0) is 18.7. The Bertz CT molecular complexity index is 872. The van der Waals surface area contributed by atoms with Crippen LogP contribution in [-0.4, -0.2) is 19.5 Å². The molecule has 0 aliphatic carbocycles. The molecule has 26 heavy (non-hydrogen) atoms. The standard InChI is InChI=1S/C20H20ClFN2O2/c1-13(19-10-14-6-3-4-9-18(14)26-19)23-20(25)12-24(2)11-15-16(21)7-5-8-17(15)22/h3-10,13H,11-12H2,1-2H3,(H,23,25)/p+1/t13-/m1/s1. The van der Waals surface area contributed by atoms with E-state index in [1.807, 2.05) is 44.3 Å². The first-order chi connectivity index (χ1) is 12.4. The molecule has 2 atom stereocenters. The molecule has 1 heterocycles. The third-order valence-electron chi connectivity index (χ3n) is 4.25. The van der Waals surface area contributed by atoms with Gasteiger partial charge in [0.1, 0.15) is 23.7 Å². The van der Waals surface area contributed by atoms with Gasteiger partial charge >= 0.3 is 0 Å². The van der Waals surface area contributed by atoms with Crippen molar-refractivity contribution in [2.45, 2.75) is 19.5 Å². The van der Waals surface area contributed by atoms with Crippen LogP contribution >= 0.6 is 11.6 Å². The number of furan rings is 1. The second-order valence-corrected chi connectivity index (χ2v) is 6.89. The maximum Gasteiger partial charge on any atom is 0.275 e. The highest BCUT2D eigenvalue weighted by atomic mass is 35.5. The van der Waals surface area contributed by atoms with Gasteiger partial charge in [0.15, 0.2) is 6.54 Å². The van der Waals surface area contributed by atoms with E-state index in [0.717, 1.165) is 15.9 Å². The first-order valence-corrected chi connectivity index (χ1v) is 8.84. The highest BCUT2D eigenvalue weighted by molar-refractivity contribution is 6.31. The summed E-state index contributed by atoms with van der Waals surface area (Å²) in [6, 6.07) is 14.0. The SMILES string of the molecule is C[C@@H](NC(=O)C[NH+](C)Cc1c(F)cccc1Cl)c1cc2ccccc2o1. The van der Waals surface area contributed by atoms with Gasteiger partial charge in [0.2, 0.25) is 0 Å². The molecule has 0 fully saturated rings. The van der Waals surface area contributed by atoms with Crippen molar-refractivity contribution < 1.29 is 18.5 Å². The summed E-state index contributed by atoms with van der Waals surface area (Å²) in [5.41, 5.74) is 1.21. The van der Waals surface area contributed by atoms with Gasteiger partial charge in [-0.2, -0.15) is 0 Å². The molecule has 136 valence electrons. The maximum atomic E-state index is 13.9. The lowest BCUT2D eigenvalue weighted by Crippen LogP contribution is -3.09. The lowest BCUT2D eigenvalue weighted by molar-refractivity contribution is -0.885. The van der Waals surface area contributed by atoms with E-state index in [9.17, 15) is 9.18 Å². The third-order valence-corrected chi connectivity index (χ3v) is 4.61. The summed E-state index contributed by atoms with van der Waals surface area (Å²) >= 11 is 6.05. The van der Waals surface area contributed by atoms with E-state index < -0.39 is 0 Å². The lowest BCUT2D eigenvalue weighted by Gasteiger charge is -2.17. The van der Waals surface area contributed by atoms with Crippen LogP contribution in [0.3, 0.4) is 0 Å². The number of benzene rings is 2. The minimum Gasteiger partial charge on any atom is -0.459 e. The van der Waals surface area contributed by atoms with Crippen molar-refractivity contribution in [2.24, 2.45) is 0 Å². The molecule has 0 spiro atoms. The molecular formula is C20H21ClFN2O2+.